The summed E-state index contributed by atoms with van der Waals surface area (Å²) in [5.74, 6) is 1.58. The topological polar surface area (TPSA) is 106 Å². The number of nitriles is 3. The summed E-state index contributed by atoms with van der Waals surface area (Å²) in [6, 6.07) is 4.75. The van der Waals surface area contributed by atoms with Gasteiger partial charge in [0.25, 0.3) is 0 Å². The van der Waals surface area contributed by atoms with E-state index in [0.717, 1.165) is 0 Å². The van der Waals surface area contributed by atoms with Gasteiger partial charge >= 0.3 is 0 Å². The zero-order valence-corrected chi connectivity index (χ0v) is 6.79. The average Bonchev–Trinajstić information content (AvgIpc) is 2.18. The van der Waals surface area contributed by atoms with Gasteiger partial charge in [-0.1, -0.05) is 0 Å². The lowest BCUT2D eigenvalue weighted by molar-refractivity contribution is 1.01. The van der Waals surface area contributed by atoms with Crippen LogP contribution in [0.25, 0.3) is 5.41 Å². The summed E-state index contributed by atoms with van der Waals surface area (Å²) >= 11 is 0. The van der Waals surface area contributed by atoms with Crippen molar-refractivity contribution in [1.29, 1.82) is 15.8 Å². The third kappa shape index (κ3) is 2.20. The van der Waals surface area contributed by atoms with E-state index < -0.39 is 0 Å². The van der Waals surface area contributed by atoms with E-state index in [0.29, 0.717) is 0 Å². The molecule has 0 unspecified atom stereocenters. The molecule has 0 rings (SSSR count). The van der Waals surface area contributed by atoms with Gasteiger partial charge in [-0.2, -0.15) is 15.8 Å². The minimum atomic E-state index is -0.277. The lowest BCUT2D eigenvalue weighted by Crippen LogP contribution is -2.10. The average molecular weight is 170 g/mol. The molecule has 5 heteroatoms. The molecule has 62 valence electrons. The molecule has 0 aliphatic carbocycles. The second-order valence-electron chi connectivity index (χ2n) is 1.82. The van der Waals surface area contributed by atoms with Crippen molar-refractivity contribution in [2.24, 2.45) is 0 Å². The van der Waals surface area contributed by atoms with Gasteiger partial charge in [0, 0.05) is 7.05 Å². The zero-order valence-electron chi connectivity index (χ0n) is 6.79. The van der Waals surface area contributed by atoms with E-state index in [1.165, 1.54) is 7.05 Å². The molecule has 0 saturated heterocycles. The summed E-state index contributed by atoms with van der Waals surface area (Å²) in [6.07, 6.45) is 0. The fraction of sp³-hybridized carbons (Fsp3) is 0.125. The number of nitrogens with zero attached hydrogens (tertiary/aromatic N) is 4. The summed E-state index contributed by atoms with van der Waals surface area (Å²) in [5, 5.41) is 36.3. The Kier molecular flexibility index (Phi) is 4.15. The summed E-state index contributed by atoms with van der Waals surface area (Å²) in [5.41, 5.74) is -0.587. The number of likely N-dealkylation sites (N-methyl/N-ethyl adjacent to an activating group) is 1. The van der Waals surface area contributed by atoms with Crippen molar-refractivity contribution in [3.05, 3.63) is 22.3 Å². The predicted molar refractivity (Wildman–Crippen MR) is 44.8 cm³/mol. The van der Waals surface area contributed by atoms with Crippen molar-refractivity contribution in [2.45, 2.75) is 0 Å². The molecule has 13 heavy (non-hydrogen) atoms. The van der Waals surface area contributed by atoms with Gasteiger partial charge in [0.1, 0.15) is 18.2 Å². The monoisotopic (exact) mass is 170 g/mol. The largest absolute Gasteiger partial charge is 0.762 e. The van der Waals surface area contributed by atoms with Gasteiger partial charge in [0.15, 0.2) is 5.57 Å². The minimum absolute atomic E-state index is 0.0324. The van der Waals surface area contributed by atoms with Crippen LogP contribution in [0.1, 0.15) is 0 Å². The maximum atomic E-state index is 8.46. The van der Waals surface area contributed by atoms with E-state index in [1.54, 1.807) is 24.1 Å². The quantitative estimate of drug-likeness (QED) is 0.362. The van der Waals surface area contributed by atoms with Gasteiger partial charge in [-0.05, 0) is 0 Å². The summed E-state index contributed by atoms with van der Waals surface area (Å²) < 4.78 is 0. The van der Waals surface area contributed by atoms with Gasteiger partial charge < -0.3 is 10.7 Å². The maximum absolute atomic E-state index is 8.46. The molecule has 1 N–H and O–H groups in total. The predicted octanol–water partition coefficient (Wildman–Crippen LogP) is 0.196. The van der Waals surface area contributed by atoms with Crippen LogP contribution < -0.4 is 5.32 Å². The number of nitrogens with one attached hydrogen (secondary N) is 1. The Hall–Kier alpha value is -2.54. The van der Waals surface area contributed by atoms with Gasteiger partial charge in [-0.25, -0.2) is 5.87 Å². The van der Waals surface area contributed by atoms with E-state index >= 15 is 0 Å². The van der Waals surface area contributed by atoms with E-state index in [9.17, 15) is 0 Å². The van der Waals surface area contributed by atoms with Crippen LogP contribution in [0.2, 0.25) is 0 Å². The molecule has 0 bridgehead atoms. The third-order valence-electron chi connectivity index (χ3n) is 1.20. The van der Waals surface area contributed by atoms with Crippen LogP contribution in [0.5, 0.6) is 0 Å². The molecule has 0 heterocycles. The highest BCUT2D eigenvalue weighted by atomic mass is 14.8. The molecule has 0 aliphatic heterocycles. The first kappa shape index (κ1) is 10.5. The van der Waals surface area contributed by atoms with Crippen LogP contribution in [-0.2, 0) is 0 Å². The Balaban J connectivity index is 5.56. The molecule has 0 atom stereocenters. The van der Waals surface area contributed by atoms with Crippen molar-refractivity contribution in [1.82, 2.24) is 5.32 Å². The van der Waals surface area contributed by atoms with Gasteiger partial charge in [0.05, 0.1) is 11.3 Å². The van der Waals surface area contributed by atoms with Crippen LogP contribution in [0.4, 0.5) is 0 Å². The molecule has 0 aromatic carbocycles. The highest BCUT2D eigenvalue weighted by molar-refractivity contribution is 5.74. The first-order valence-electron chi connectivity index (χ1n) is 3.14. The van der Waals surface area contributed by atoms with E-state index in [2.05, 4.69) is 5.32 Å². The normalized spacial score (nSPS) is 6.62. The molecule has 5 nitrogen and oxygen atoms in total. The van der Waals surface area contributed by atoms with Crippen molar-refractivity contribution in [3.8, 4) is 18.2 Å². The molecule has 0 aromatic heterocycles. The van der Waals surface area contributed by atoms with Gasteiger partial charge in [-0.3, -0.25) is 0 Å². The van der Waals surface area contributed by atoms with E-state index in [1.807, 2.05) is 0 Å². The number of allylic oxidation sites excluding steroid dienone is 2. The maximum Gasteiger partial charge on any atom is 0.154 e. The Bertz CT molecular complexity index is 387. The van der Waals surface area contributed by atoms with Crippen molar-refractivity contribution < 1.29 is 0 Å². The fourth-order valence-corrected chi connectivity index (χ4v) is 0.649. The molecule has 0 radical (unpaired) electrons. The molecular formula is C8H4N5-. The second-order valence-corrected chi connectivity index (χ2v) is 1.82. The van der Waals surface area contributed by atoms with Crippen LogP contribution in [0.15, 0.2) is 16.8 Å². The van der Waals surface area contributed by atoms with Crippen molar-refractivity contribution in [2.75, 3.05) is 7.05 Å². The SMILES string of the molecule is CNC(C(=C=[N-])C#N)=C(C#N)C#N. The van der Waals surface area contributed by atoms with Crippen LogP contribution in [-0.4, -0.2) is 12.9 Å². The van der Waals surface area contributed by atoms with Gasteiger partial charge in [-0.15, -0.1) is 0 Å². The number of hydrogen-bond donors (Lipinski definition) is 1. The smallest absolute Gasteiger partial charge is 0.154 e. The Morgan fingerprint density at radius 2 is 1.69 bits per heavy atom. The lowest BCUT2D eigenvalue weighted by atomic mass is 10.1. The fourth-order valence-electron chi connectivity index (χ4n) is 0.649. The first-order chi connectivity index (χ1) is 6.24. The Morgan fingerprint density at radius 1 is 1.15 bits per heavy atom. The van der Waals surface area contributed by atoms with Gasteiger partial charge in [0.2, 0.25) is 0 Å². The molecule has 0 fully saturated rings. The highest BCUT2D eigenvalue weighted by Crippen LogP contribution is 2.06. The molecule has 0 saturated carbocycles. The first-order valence-corrected chi connectivity index (χ1v) is 3.14. The highest BCUT2D eigenvalue weighted by Gasteiger charge is 2.07. The number of hydrogen-bond acceptors (Lipinski definition) is 4. The summed E-state index contributed by atoms with van der Waals surface area (Å²) in [4.78, 5) is 0. The van der Waals surface area contributed by atoms with Crippen LogP contribution in [0.3, 0.4) is 0 Å². The number of rotatable bonds is 2. The zero-order chi connectivity index (χ0) is 10.3. The lowest BCUT2D eigenvalue weighted by Gasteiger charge is -2.02. The second kappa shape index (κ2) is 5.16. The molecule has 0 aromatic rings. The molecule has 0 amide bonds. The Morgan fingerprint density at radius 3 is 1.92 bits per heavy atom. The van der Waals surface area contributed by atoms with E-state index in [-0.39, 0.29) is 16.8 Å². The van der Waals surface area contributed by atoms with Crippen molar-refractivity contribution >= 4 is 5.87 Å². The summed E-state index contributed by atoms with van der Waals surface area (Å²) in [6.45, 7) is 0. The standard InChI is InChI=1S/C8H4N5/c1-13-8(6(2-9)3-10)7(4-11)5-12/h13H,1H3/q-1. The minimum Gasteiger partial charge on any atom is -0.762 e. The van der Waals surface area contributed by atoms with Crippen LogP contribution in [0, 0.1) is 34.0 Å². The van der Waals surface area contributed by atoms with Crippen molar-refractivity contribution in [3.63, 3.8) is 0 Å². The molecular weight excluding hydrogens is 166 g/mol. The Labute approximate surface area is 75.3 Å². The van der Waals surface area contributed by atoms with E-state index in [4.69, 9.17) is 21.2 Å². The summed E-state index contributed by atoms with van der Waals surface area (Å²) in [7, 11) is 1.43. The molecule has 0 spiro atoms. The molecule has 0 aliphatic rings. The third-order valence-corrected chi connectivity index (χ3v) is 1.20. The van der Waals surface area contributed by atoms with Crippen LogP contribution >= 0.6 is 0 Å².